The van der Waals surface area contributed by atoms with Crippen molar-refractivity contribution in [1.82, 2.24) is 4.31 Å². The highest BCUT2D eigenvalue weighted by Gasteiger charge is 2.38. The molecule has 21 heavy (non-hydrogen) atoms. The van der Waals surface area contributed by atoms with Gasteiger partial charge in [-0.25, -0.2) is 8.42 Å². The lowest BCUT2D eigenvalue weighted by Crippen LogP contribution is -2.36. The zero-order chi connectivity index (χ0) is 15.8. The van der Waals surface area contributed by atoms with Crippen LogP contribution in [0, 0.1) is 16.0 Å². The number of hydrogen-bond acceptors (Lipinski definition) is 5. The molecule has 0 heterocycles. The number of rotatable bonds is 6. The minimum atomic E-state index is -3.67. The van der Waals surface area contributed by atoms with Crippen molar-refractivity contribution in [3.8, 4) is 0 Å². The van der Waals surface area contributed by atoms with Gasteiger partial charge in [0, 0.05) is 18.7 Å². The van der Waals surface area contributed by atoms with Gasteiger partial charge in [-0.15, -0.1) is 0 Å². The first-order valence-corrected chi connectivity index (χ1v) is 8.23. The molecule has 2 N–H and O–H groups in total. The number of nitrogens with zero attached hydrogens (tertiary/aromatic N) is 2. The Morgan fingerprint density at radius 2 is 2.05 bits per heavy atom. The lowest BCUT2D eigenvalue weighted by molar-refractivity contribution is -0.383. The van der Waals surface area contributed by atoms with Gasteiger partial charge in [-0.3, -0.25) is 10.1 Å². The molecule has 0 saturated heterocycles. The minimum absolute atomic E-state index is 0.0122. The third-order valence-corrected chi connectivity index (χ3v) is 5.22. The number of hydrogen-bond donors (Lipinski definition) is 1. The van der Waals surface area contributed by atoms with Crippen molar-refractivity contribution >= 4 is 21.4 Å². The standard InChI is InChI=1S/C13H19N3O4S/c1-9(2)8-15(10-3-4-10)21(19,20)11-5-6-13(16(17)18)12(14)7-11/h5-7,9-10H,3-4,8,14H2,1-2H3. The molecule has 0 atom stereocenters. The Balaban J connectivity index is 2.38. The molecule has 0 radical (unpaired) electrons. The maximum atomic E-state index is 12.7. The van der Waals surface area contributed by atoms with Crippen LogP contribution in [0.1, 0.15) is 26.7 Å². The highest BCUT2D eigenvalue weighted by molar-refractivity contribution is 7.89. The lowest BCUT2D eigenvalue weighted by atomic mass is 10.2. The van der Waals surface area contributed by atoms with Crippen LogP contribution < -0.4 is 5.73 Å². The highest BCUT2D eigenvalue weighted by Crippen LogP contribution is 2.34. The van der Waals surface area contributed by atoms with Crippen LogP contribution in [0.15, 0.2) is 23.1 Å². The fourth-order valence-corrected chi connectivity index (χ4v) is 4.04. The Hall–Kier alpha value is -1.67. The van der Waals surface area contributed by atoms with E-state index in [-0.39, 0.29) is 28.2 Å². The van der Waals surface area contributed by atoms with Crippen molar-refractivity contribution in [2.24, 2.45) is 5.92 Å². The van der Waals surface area contributed by atoms with E-state index in [0.29, 0.717) is 6.54 Å². The number of sulfonamides is 1. The normalized spacial score (nSPS) is 15.6. The Morgan fingerprint density at radius 3 is 2.48 bits per heavy atom. The van der Waals surface area contributed by atoms with Gasteiger partial charge >= 0.3 is 0 Å². The van der Waals surface area contributed by atoms with Crippen LogP contribution in [-0.4, -0.2) is 30.2 Å². The lowest BCUT2D eigenvalue weighted by Gasteiger charge is -2.23. The second kappa shape index (κ2) is 5.61. The molecule has 1 fully saturated rings. The Kier molecular flexibility index (Phi) is 4.20. The molecule has 7 nitrogen and oxygen atoms in total. The van der Waals surface area contributed by atoms with Gasteiger partial charge in [0.2, 0.25) is 10.0 Å². The molecule has 2 rings (SSSR count). The molecule has 0 aromatic heterocycles. The number of nitrogens with two attached hydrogens (primary N) is 1. The summed E-state index contributed by atoms with van der Waals surface area (Å²) < 4.78 is 26.9. The predicted octanol–water partition coefficient (Wildman–Crippen LogP) is 1.99. The molecule has 1 aliphatic carbocycles. The quantitative estimate of drug-likeness (QED) is 0.491. The van der Waals surface area contributed by atoms with Gasteiger partial charge in [0.1, 0.15) is 5.69 Å². The van der Waals surface area contributed by atoms with Gasteiger partial charge in [-0.2, -0.15) is 4.31 Å². The summed E-state index contributed by atoms with van der Waals surface area (Å²) in [6.07, 6.45) is 1.71. The maximum Gasteiger partial charge on any atom is 0.292 e. The summed E-state index contributed by atoms with van der Waals surface area (Å²) in [7, 11) is -3.67. The van der Waals surface area contributed by atoms with Crippen LogP contribution in [0.2, 0.25) is 0 Å². The number of benzene rings is 1. The average molecular weight is 313 g/mol. The molecule has 0 unspecified atom stereocenters. The molecule has 1 aromatic carbocycles. The van der Waals surface area contributed by atoms with Crippen LogP contribution in [0.25, 0.3) is 0 Å². The smallest absolute Gasteiger partial charge is 0.292 e. The fourth-order valence-electron chi connectivity index (χ4n) is 2.16. The van der Waals surface area contributed by atoms with E-state index in [9.17, 15) is 18.5 Å². The van der Waals surface area contributed by atoms with Crippen molar-refractivity contribution in [2.45, 2.75) is 37.6 Å². The van der Waals surface area contributed by atoms with Crippen LogP contribution in [0.5, 0.6) is 0 Å². The molecular formula is C13H19N3O4S. The summed E-state index contributed by atoms with van der Waals surface area (Å²) in [6.45, 7) is 4.34. The van der Waals surface area contributed by atoms with Crippen molar-refractivity contribution in [3.05, 3.63) is 28.3 Å². The largest absolute Gasteiger partial charge is 0.393 e. The molecule has 116 valence electrons. The number of anilines is 1. The number of nitro groups is 1. The summed E-state index contributed by atoms with van der Waals surface area (Å²) in [5.41, 5.74) is 5.17. The van der Waals surface area contributed by atoms with E-state index in [1.165, 1.54) is 16.4 Å². The van der Waals surface area contributed by atoms with E-state index in [4.69, 9.17) is 5.73 Å². The summed E-state index contributed by atoms with van der Waals surface area (Å²) in [5.74, 6) is 0.204. The van der Waals surface area contributed by atoms with Gasteiger partial charge in [-0.05, 0) is 30.9 Å². The van der Waals surface area contributed by atoms with Crippen molar-refractivity contribution in [2.75, 3.05) is 12.3 Å². The summed E-state index contributed by atoms with van der Waals surface area (Å²) in [5, 5.41) is 10.7. The van der Waals surface area contributed by atoms with E-state index >= 15 is 0 Å². The van der Waals surface area contributed by atoms with Gasteiger partial charge in [0.15, 0.2) is 0 Å². The van der Waals surface area contributed by atoms with Gasteiger partial charge in [0.05, 0.1) is 9.82 Å². The monoisotopic (exact) mass is 313 g/mol. The molecule has 1 saturated carbocycles. The van der Waals surface area contributed by atoms with Gasteiger partial charge < -0.3 is 5.73 Å². The minimum Gasteiger partial charge on any atom is -0.393 e. The molecular weight excluding hydrogens is 294 g/mol. The third-order valence-electron chi connectivity index (χ3n) is 3.30. The maximum absolute atomic E-state index is 12.7. The first kappa shape index (κ1) is 15.7. The summed E-state index contributed by atoms with van der Waals surface area (Å²) >= 11 is 0. The topological polar surface area (TPSA) is 107 Å². The Labute approximate surface area is 123 Å². The van der Waals surface area contributed by atoms with E-state index < -0.39 is 14.9 Å². The zero-order valence-electron chi connectivity index (χ0n) is 12.0. The van der Waals surface area contributed by atoms with Crippen molar-refractivity contribution < 1.29 is 13.3 Å². The van der Waals surface area contributed by atoms with E-state index in [1.807, 2.05) is 13.8 Å². The van der Waals surface area contributed by atoms with Crippen LogP contribution >= 0.6 is 0 Å². The van der Waals surface area contributed by atoms with Crippen LogP contribution in [0.4, 0.5) is 11.4 Å². The van der Waals surface area contributed by atoms with Crippen molar-refractivity contribution in [1.29, 1.82) is 0 Å². The molecule has 1 aliphatic rings. The van der Waals surface area contributed by atoms with Crippen LogP contribution in [0.3, 0.4) is 0 Å². The van der Waals surface area contributed by atoms with Crippen LogP contribution in [-0.2, 0) is 10.0 Å². The number of nitro benzene ring substituents is 1. The second-order valence-electron chi connectivity index (χ2n) is 5.68. The van der Waals surface area contributed by atoms with E-state index in [1.54, 1.807) is 0 Å². The molecule has 0 amide bonds. The SMILES string of the molecule is CC(C)CN(C1CC1)S(=O)(=O)c1ccc([N+](=O)[O-])c(N)c1. The molecule has 0 aliphatic heterocycles. The zero-order valence-corrected chi connectivity index (χ0v) is 12.8. The first-order valence-electron chi connectivity index (χ1n) is 6.79. The van der Waals surface area contributed by atoms with Gasteiger partial charge in [-0.1, -0.05) is 13.8 Å². The molecule has 1 aromatic rings. The third kappa shape index (κ3) is 3.33. The van der Waals surface area contributed by atoms with E-state index in [2.05, 4.69) is 0 Å². The predicted molar refractivity (Wildman–Crippen MR) is 79.3 cm³/mol. The fraction of sp³-hybridized carbons (Fsp3) is 0.538. The van der Waals surface area contributed by atoms with E-state index in [0.717, 1.165) is 18.9 Å². The highest BCUT2D eigenvalue weighted by atomic mass is 32.2. The summed E-state index contributed by atoms with van der Waals surface area (Å²) in [6, 6.07) is 3.60. The molecule has 0 spiro atoms. The number of nitrogen functional groups attached to an aromatic ring is 1. The Bertz CT molecular complexity index is 653. The average Bonchev–Trinajstić information content (AvgIpc) is 3.19. The molecule has 8 heteroatoms. The van der Waals surface area contributed by atoms with Gasteiger partial charge in [0.25, 0.3) is 5.69 Å². The second-order valence-corrected chi connectivity index (χ2v) is 7.57. The first-order chi connectivity index (χ1) is 9.73. The van der Waals surface area contributed by atoms with Crippen molar-refractivity contribution in [3.63, 3.8) is 0 Å². The molecule has 0 bridgehead atoms. The Morgan fingerprint density at radius 1 is 1.43 bits per heavy atom. The summed E-state index contributed by atoms with van der Waals surface area (Å²) in [4.78, 5) is 10.1.